The number of rotatable bonds is 6. The predicted molar refractivity (Wildman–Crippen MR) is 113 cm³/mol. The first-order valence-electron chi connectivity index (χ1n) is 9.18. The SMILES string of the molecule is C=C/C(=C\C=[NH+]\OC)NC=O.Cc1cccc2[nH]c(-c3cc(F)ccc3C(F)(F)F)nc12. The van der Waals surface area contributed by atoms with Crippen molar-refractivity contribution in [1.29, 1.82) is 0 Å². The van der Waals surface area contributed by atoms with Gasteiger partial charge < -0.3 is 10.3 Å². The van der Waals surface area contributed by atoms with E-state index in [-0.39, 0.29) is 11.4 Å². The number of imidazole rings is 1. The number of aromatic amines is 1. The summed E-state index contributed by atoms with van der Waals surface area (Å²) in [4.78, 5) is 21.4. The Labute approximate surface area is 181 Å². The monoisotopic (exact) mass is 449 g/mol. The largest absolute Gasteiger partial charge is 0.417 e. The van der Waals surface area contributed by atoms with Crippen molar-refractivity contribution in [2.45, 2.75) is 13.1 Å². The highest BCUT2D eigenvalue weighted by Crippen LogP contribution is 2.37. The minimum absolute atomic E-state index is 0.00567. The van der Waals surface area contributed by atoms with E-state index >= 15 is 0 Å². The smallest absolute Gasteiger partial charge is 0.338 e. The van der Waals surface area contributed by atoms with Crippen molar-refractivity contribution in [3.63, 3.8) is 0 Å². The van der Waals surface area contributed by atoms with E-state index in [1.807, 2.05) is 13.0 Å². The summed E-state index contributed by atoms with van der Waals surface area (Å²) < 4.78 is 52.5. The molecule has 6 nitrogen and oxygen atoms in total. The van der Waals surface area contributed by atoms with E-state index in [1.54, 1.807) is 18.2 Å². The number of amides is 1. The zero-order valence-electron chi connectivity index (χ0n) is 17.3. The van der Waals surface area contributed by atoms with Crippen LogP contribution in [0.2, 0.25) is 0 Å². The molecule has 0 bridgehead atoms. The molecule has 1 aromatic heterocycles. The summed E-state index contributed by atoms with van der Waals surface area (Å²) in [6.45, 7) is 5.29. The molecule has 10 heteroatoms. The highest BCUT2D eigenvalue weighted by Gasteiger charge is 2.34. The highest BCUT2D eigenvalue weighted by atomic mass is 19.4. The summed E-state index contributed by atoms with van der Waals surface area (Å²) in [7, 11) is 1.49. The lowest BCUT2D eigenvalue weighted by molar-refractivity contribution is -0.740. The first-order chi connectivity index (χ1) is 15.2. The van der Waals surface area contributed by atoms with Gasteiger partial charge in [0.25, 0.3) is 0 Å². The van der Waals surface area contributed by atoms with Gasteiger partial charge in [0.05, 0.1) is 16.6 Å². The molecule has 0 saturated carbocycles. The number of alkyl halides is 3. The fourth-order valence-electron chi connectivity index (χ4n) is 2.70. The predicted octanol–water partition coefficient (Wildman–Crippen LogP) is 3.21. The molecular weight excluding hydrogens is 428 g/mol. The summed E-state index contributed by atoms with van der Waals surface area (Å²) >= 11 is 0. The van der Waals surface area contributed by atoms with Crippen LogP contribution in [0, 0.1) is 12.7 Å². The van der Waals surface area contributed by atoms with Crippen LogP contribution in [0.4, 0.5) is 17.6 Å². The highest BCUT2D eigenvalue weighted by molar-refractivity contribution is 5.82. The Balaban J connectivity index is 0.000000282. The van der Waals surface area contributed by atoms with Gasteiger partial charge in [-0.25, -0.2) is 9.37 Å². The Morgan fingerprint density at radius 1 is 1.28 bits per heavy atom. The van der Waals surface area contributed by atoms with Crippen molar-refractivity contribution in [1.82, 2.24) is 15.3 Å². The van der Waals surface area contributed by atoms with Gasteiger partial charge in [-0.3, -0.25) is 9.63 Å². The third kappa shape index (κ3) is 6.27. The minimum Gasteiger partial charge on any atom is -0.338 e. The molecule has 3 N–H and O–H groups in total. The summed E-state index contributed by atoms with van der Waals surface area (Å²) in [6, 6.07) is 7.66. The van der Waals surface area contributed by atoms with Crippen molar-refractivity contribution in [3.05, 3.63) is 77.8 Å². The number of carbonyl (C=O) groups is 1. The zero-order chi connectivity index (χ0) is 23.7. The molecule has 0 atom stereocenters. The van der Waals surface area contributed by atoms with Crippen molar-refractivity contribution < 1.29 is 32.3 Å². The van der Waals surface area contributed by atoms with Crippen molar-refractivity contribution in [2.24, 2.45) is 0 Å². The van der Waals surface area contributed by atoms with Gasteiger partial charge in [-0.05, 0) is 48.0 Å². The molecule has 1 amide bonds. The summed E-state index contributed by atoms with van der Waals surface area (Å²) in [5, 5.41) is 4.89. The zero-order valence-corrected chi connectivity index (χ0v) is 17.3. The molecule has 32 heavy (non-hydrogen) atoms. The number of H-pyrrole nitrogens is 1. The number of fused-ring (bicyclic) bond motifs is 1. The third-order valence-corrected chi connectivity index (χ3v) is 4.15. The van der Waals surface area contributed by atoms with Crippen LogP contribution >= 0.6 is 0 Å². The average Bonchev–Trinajstić information content (AvgIpc) is 3.18. The van der Waals surface area contributed by atoms with Crippen molar-refractivity contribution in [2.75, 3.05) is 7.11 Å². The molecule has 0 unspecified atom stereocenters. The van der Waals surface area contributed by atoms with Gasteiger partial charge in [-0.2, -0.15) is 13.2 Å². The molecule has 3 aromatic rings. The molecule has 0 radical (unpaired) electrons. The number of para-hydroxylation sites is 1. The lowest BCUT2D eigenvalue weighted by Crippen LogP contribution is -2.66. The second-order valence-corrected chi connectivity index (χ2v) is 6.32. The number of nitrogens with zero attached hydrogens (tertiary/aromatic N) is 1. The van der Waals surface area contributed by atoms with Crippen LogP contribution in [0.15, 0.2) is 60.8 Å². The second-order valence-electron chi connectivity index (χ2n) is 6.32. The Hall–Kier alpha value is -3.95. The Kier molecular flexibility index (Phi) is 8.28. The lowest BCUT2D eigenvalue weighted by Gasteiger charge is -2.11. The van der Waals surface area contributed by atoms with E-state index in [0.29, 0.717) is 23.1 Å². The third-order valence-electron chi connectivity index (χ3n) is 4.15. The number of hydrogen-bond donors (Lipinski definition) is 3. The standard InChI is InChI=1S/C15H10F4N2.C7H10N2O2/c1-8-3-2-4-12-13(8)21-14(20-12)10-7-9(16)5-6-11(10)15(17,18)19;1-3-7(8-6-10)4-5-9-11-2/h2-7H,1H3,(H,20,21);3-6H,1H2,2H3,(H,8,10)/p+1/b;7-4+,9-5+. The van der Waals surface area contributed by atoms with Crippen molar-refractivity contribution >= 4 is 23.7 Å². The molecule has 0 aliphatic heterocycles. The molecule has 1 heterocycles. The Morgan fingerprint density at radius 3 is 2.62 bits per heavy atom. The van der Waals surface area contributed by atoms with Crippen LogP contribution in [0.25, 0.3) is 22.4 Å². The number of aryl methyl sites for hydroxylation is 1. The fourth-order valence-corrected chi connectivity index (χ4v) is 2.70. The van der Waals surface area contributed by atoms with Gasteiger partial charge in [0.2, 0.25) is 12.6 Å². The molecule has 0 spiro atoms. The van der Waals surface area contributed by atoms with E-state index in [4.69, 9.17) is 0 Å². The maximum absolute atomic E-state index is 13.3. The Morgan fingerprint density at radius 2 is 2.03 bits per heavy atom. The van der Waals surface area contributed by atoms with Crippen LogP contribution in [0.5, 0.6) is 0 Å². The van der Waals surface area contributed by atoms with Gasteiger partial charge in [0.1, 0.15) is 18.8 Å². The molecule has 3 rings (SSSR count). The maximum atomic E-state index is 13.3. The van der Waals surface area contributed by atoms with Crippen LogP contribution < -0.4 is 10.5 Å². The number of carbonyl (C=O) groups excluding carboxylic acids is 1. The molecule has 0 aliphatic rings. The number of halogens is 4. The van der Waals surface area contributed by atoms with Gasteiger partial charge in [-0.1, -0.05) is 18.7 Å². The van der Waals surface area contributed by atoms with Gasteiger partial charge in [0, 0.05) is 17.3 Å². The summed E-state index contributed by atoms with van der Waals surface area (Å²) in [5.74, 6) is -0.735. The number of nitrogens with one attached hydrogen (secondary N) is 3. The Bertz CT molecular complexity index is 1150. The number of allylic oxidation sites excluding steroid dienone is 2. The van der Waals surface area contributed by atoms with Gasteiger partial charge >= 0.3 is 6.18 Å². The van der Waals surface area contributed by atoms with Gasteiger partial charge in [-0.15, -0.1) is 0 Å². The minimum atomic E-state index is -4.57. The molecule has 168 valence electrons. The molecule has 0 aliphatic carbocycles. The first kappa shape index (κ1) is 24.3. The molecule has 2 aromatic carbocycles. The maximum Gasteiger partial charge on any atom is 0.417 e. The summed E-state index contributed by atoms with van der Waals surface area (Å²) in [5.41, 5.74) is 1.41. The van der Waals surface area contributed by atoms with Gasteiger partial charge in [0.15, 0.2) is 0 Å². The summed E-state index contributed by atoms with van der Waals surface area (Å²) in [6.07, 6.45) is 0.672. The first-order valence-corrected chi connectivity index (χ1v) is 9.18. The fraction of sp³-hybridized carbons (Fsp3) is 0.136. The quantitative estimate of drug-likeness (QED) is 0.178. The van der Waals surface area contributed by atoms with Crippen LogP contribution in [-0.4, -0.2) is 29.7 Å². The molecular formula is C22H21F4N4O2+. The lowest BCUT2D eigenvalue weighted by atomic mass is 10.1. The number of benzene rings is 2. The average molecular weight is 449 g/mol. The van der Waals surface area contributed by atoms with Crippen LogP contribution in [0.1, 0.15) is 11.1 Å². The van der Waals surface area contributed by atoms with E-state index in [1.165, 1.54) is 19.4 Å². The molecule has 0 saturated heterocycles. The number of aromatic nitrogens is 2. The van der Waals surface area contributed by atoms with E-state index < -0.39 is 17.6 Å². The van der Waals surface area contributed by atoms with Crippen molar-refractivity contribution in [3.8, 4) is 11.4 Å². The molecule has 0 fully saturated rings. The number of hydrogen-bond acceptors (Lipinski definition) is 3. The van der Waals surface area contributed by atoms with E-state index in [0.717, 1.165) is 23.8 Å². The van der Waals surface area contributed by atoms with E-state index in [9.17, 15) is 22.4 Å². The second kappa shape index (κ2) is 10.9. The topological polar surface area (TPSA) is 81.0 Å². The van der Waals surface area contributed by atoms with Crippen LogP contribution in [0.3, 0.4) is 0 Å². The van der Waals surface area contributed by atoms with E-state index in [2.05, 4.69) is 31.9 Å². The van der Waals surface area contributed by atoms with Crippen LogP contribution in [-0.2, 0) is 15.8 Å². The normalized spacial score (nSPS) is 11.8.